The Labute approximate surface area is 231 Å². The number of rotatable bonds is 8. The SMILES string of the molecule is COc1ccc([C@H]2[C@@H](C(=O)Nc3ccc(Br)cc3C)CCC(=O)N2c2cc(OC)c(OC)c(OC)c2)cc1. The summed E-state index contributed by atoms with van der Waals surface area (Å²) >= 11 is 3.47. The van der Waals surface area contributed by atoms with Crippen molar-refractivity contribution in [3.05, 3.63) is 70.2 Å². The molecule has 200 valence electrons. The van der Waals surface area contributed by atoms with Crippen molar-refractivity contribution < 1.29 is 28.5 Å². The second-order valence-electron chi connectivity index (χ2n) is 8.96. The molecule has 2 amide bonds. The molecule has 2 atom stereocenters. The zero-order valence-electron chi connectivity index (χ0n) is 22.0. The summed E-state index contributed by atoms with van der Waals surface area (Å²) in [5.74, 6) is 1.14. The Hall–Kier alpha value is -3.72. The molecular formula is C29H31BrN2O6. The van der Waals surface area contributed by atoms with Gasteiger partial charge >= 0.3 is 0 Å². The Morgan fingerprint density at radius 2 is 1.58 bits per heavy atom. The minimum absolute atomic E-state index is 0.107. The normalized spacial score (nSPS) is 17.1. The maximum Gasteiger partial charge on any atom is 0.229 e. The van der Waals surface area contributed by atoms with E-state index in [1.54, 1.807) is 24.1 Å². The van der Waals surface area contributed by atoms with Gasteiger partial charge in [0.05, 0.1) is 46.1 Å². The number of benzene rings is 3. The number of hydrogen-bond acceptors (Lipinski definition) is 6. The summed E-state index contributed by atoms with van der Waals surface area (Å²) in [6.45, 7) is 1.94. The van der Waals surface area contributed by atoms with Crippen LogP contribution in [0, 0.1) is 12.8 Å². The number of aryl methyl sites for hydroxylation is 1. The first kappa shape index (κ1) is 27.3. The van der Waals surface area contributed by atoms with E-state index in [9.17, 15) is 9.59 Å². The molecule has 1 heterocycles. The van der Waals surface area contributed by atoms with Gasteiger partial charge in [-0.15, -0.1) is 0 Å². The Kier molecular flexibility index (Phi) is 8.46. The number of hydrogen-bond donors (Lipinski definition) is 1. The Balaban J connectivity index is 1.82. The average Bonchev–Trinajstić information content (AvgIpc) is 2.93. The molecule has 0 saturated carbocycles. The molecule has 1 aliphatic rings. The number of halogens is 1. The zero-order valence-corrected chi connectivity index (χ0v) is 23.6. The van der Waals surface area contributed by atoms with Crippen molar-refractivity contribution in [3.63, 3.8) is 0 Å². The van der Waals surface area contributed by atoms with Gasteiger partial charge in [-0.25, -0.2) is 0 Å². The van der Waals surface area contributed by atoms with Crippen LogP contribution in [0.4, 0.5) is 11.4 Å². The standard InChI is InChI=1S/C29H31BrN2O6/c1-17-14-19(30)8-12-23(17)31-29(34)22-11-13-26(33)32(27(22)18-6-9-21(35-2)10-7-18)20-15-24(36-3)28(38-5)25(16-20)37-4/h6-10,12,14-16,22,27H,11,13H2,1-5H3,(H,31,34)/t22-,27-/m0/s1. The van der Waals surface area contributed by atoms with E-state index >= 15 is 0 Å². The number of piperidine rings is 1. The van der Waals surface area contributed by atoms with Crippen LogP contribution in [-0.2, 0) is 9.59 Å². The summed E-state index contributed by atoms with van der Waals surface area (Å²) in [7, 11) is 6.17. The molecule has 3 aromatic carbocycles. The largest absolute Gasteiger partial charge is 0.497 e. The third-order valence-corrected chi connectivity index (χ3v) is 7.26. The summed E-state index contributed by atoms with van der Waals surface area (Å²) in [6.07, 6.45) is 0.610. The van der Waals surface area contributed by atoms with Crippen LogP contribution >= 0.6 is 15.9 Å². The number of anilines is 2. The summed E-state index contributed by atoms with van der Waals surface area (Å²) in [6, 6.07) is 16.0. The van der Waals surface area contributed by atoms with Crippen molar-refractivity contribution in [2.24, 2.45) is 5.92 Å². The van der Waals surface area contributed by atoms with Crippen molar-refractivity contribution >= 4 is 39.1 Å². The quantitative estimate of drug-likeness (QED) is 0.355. The number of methoxy groups -OCH3 is 4. The molecule has 1 fully saturated rings. The van der Waals surface area contributed by atoms with Gasteiger partial charge in [-0.1, -0.05) is 28.1 Å². The molecule has 0 aromatic heterocycles. The first-order valence-corrected chi connectivity index (χ1v) is 12.9. The Morgan fingerprint density at radius 3 is 2.13 bits per heavy atom. The molecular weight excluding hydrogens is 552 g/mol. The molecule has 3 aromatic rings. The maximum atomic E-state index is 13.8. The van der Waals surface area contributed by atoms with E-state index in [0.29, 0.717) is 35.1 Å². The molecule has 1 aliphatic heterocycles. The number of nitrogens with zero attached hydrogens (tertiary/aromatic N) is 1. The first-order chi connectivity index (χ1) is 18.3. The fourth-order valence-electron chi connectivity index (χ4n) is 4.85. The van der Waals surface area contributed by atoms with Gasteiger partial charge in [0.2, 0.25) is 17.6 Å². The molecule has 0 radical (unpaired) electrons. The second kappa shape index (κ2) is 11.8. The second-order valence-corrected chi connectivity index (χ2v) is 9.87. The van der Waals surface area contributed by atoms with Crippen molar-refractivity contribution in [1.82, 2.24) is 0 Å². The highest BCUT2D eigenvalue weighted by molar-refractivity contribution is 9.10. The minimum Gasteiger partial charge on any atom is -0.497 e. The molecule has 8 nitrogen and oxygen atoms in total. The van der Waals surface area contributed by atoms with E-state index in [4.69, 9.17) is 18.9 Å². The van der Waals surface area contributed by atoms with E-state index in [-0.39, 0.29) is 18.2 Å². The maximum absolute atomic E-state index is 13.8. The highest BCUT2D eigenvalue weighted by atomic mass is 79.9. The van der Waals surface area contributed by atoms with E-state index in [1.807, 2.05) is 49.4 Å². The van der Waals surface area contributed by atoms with E-state index in [1.165, 1.54) is 21.3 Å². The molecule has 0 bridgehead atoms. The van der Waals surface area contributed by atoms with E-state index in [2.05, 4.69) is 21.2 Å². The third-order valence-electron chi connectivity index (χ3n) is 6.77. The lowest BCUT2D eigenvalue weighted by atomic mass is 9.83. The average molecular weight is 583 g/mol. The van der Waals surface area contributed by atoms with E-state index < -0.39 is 12.0 Å². The summed E-state index contributed by atoms with van der Waals surface area (Å²) in [5.41, 5.74) is 3.01. The topological polar surface area (TPSA) is 86.3 Å². The Morgan fingerprint density at radius 1 is 0.921 bits per heavy atom. The number of carbonyl (C=O) groups excluding carboxylic acids is 2. The molecule has 0 spiro atoms. The highest BCUT2D eigenvalue weighted by Gasteiger charge is 2.42. The molecule has 0 unspecified atom stereocenters. The third kappa shape index (κ3) is 5.43. The lowest BCUT2D eigenvalue weighted by Crippen LogP contribution is -2.47. The fraction of sp³-hybridized carbons (Fsp3) is 0.310. The van der Waals surface area contributed by atoms with E-state index in [0.717, 1.165) is 21.3 Å². The number of nitrogens with one attached hydrogen (secondary N) is 1. The van der Waals surface area contributed by atoms with Crippen LogP contribution < -0.4 is 29.2 Å². The van der Waals surface area contributed by atoms with Crippen molar-refractivity contribution in [3.8, 4) is 23.0 Å². The lowest BCUT2D eigenvalue weighted by molar-refractivity contribution is -0.125. The lowest BCUT2D eigenvalue weighted by Gasteiger charge is -2.41. The van der Waals surface area contributed by atoms with Crippen molar-refractivity contribution in [2.75, 3.05) is 38.7 Å². The van der Waals surface area contributed by atoms with Gasteiger partial charge in [0.15, 0.2) is 11.5 Å². The van der Waals surface area contributed by atoms with Crippen LogP contribution in [0.3, 0.4) is 0 Å². The van der Waals surface area contributed by atoms with Gasteiger partial charge in [-0.2, -0.15) is 0 Å². The smallest absolute Gasteiger partial charge is 0.229 e. The molecule has 1 N–H and O–H groups in total. The van der Waals surface area contributed by atoms with Crippen LogP contribution in [-0.4, -0.2) is 40.3 Å². The number of ether oxygens (including phenoxy) is 4. The van der Waals surface area contributed by atoms with Gasteiger partial charge in [-0.05, 0) is 54.8 Å². The minimum atomic E-state index is -0.583. The van der Waals surface area contributed by atoms with Crippen LogP contribution in [0.1, 0.15) is 30.0 Å². The predicted octanol–water partition coefficient (Wildman–Crippen LogP) is 5.91. The fourth-order valence-corrected chi connectivity index (χ4v) is 5.33. The van der Waals surface area contributed by atoms with Gasteiger partial charge < -0.3 is 29.2 Å². The molecule has 0 aliphatic carbocycles. The van der Waals surface area contributed by atoms with Crippen LogP contribution in [0.5, 0.6) is 23.0 Å². The van der Waals surface area contributed by atoms with Gasteiger partial charge in [0, 0.05) is 28.7 Å². The van der Waals surface area contributed by atoms with Gasteiger partial charge in [0.25, 0.3) is 0 Å². The van der Waals surface area contributed by atoms with Crippen LogP contribution in [0.25, 0.3) is 0 Å². The summed E-state index contributed by atoms with van der Waals surface area (Å²) in [4.78, 5) is 29.0. The van der Waals surface area contributed by atoms with Crippen molar-refractivity contribution in [2.45, 2.75) is 25.8 Å². The van der Waals surface area contributed by atoms with Gasteiger partial charge in [-0.3, -0.25) is 9.59 Å². The first-order valence-electron chi connectivity index (χ1n) is 12.1. The number of carbonyl (C=O) groups is 2. The zero-order chi connectivity index (χ0) is 27.4. The van der Waals surface area contributed by atoms with Gasteiger partial charge in [0.1, 0.15) is 5.75 Å². The highest BCUT2D eigenvalue weighted by Crippen LogP contribution is 2.46. The summed E-state index contributed by atoms with van der Waals surface area (Å²) < 4.78 is 22.8. The summed E-state index contributed by atoms with van der Waals surface area (Å²) in [5, 5.41) is 3.09. The molecule has 1 saturated heterocycles. The molecule has 9 heteroatoms. The number of amides is 2. The van der Waals surface area contributed by atoms with Crippen molar-refractivity contribution in [1.29, 1.82) is 0 Å². The molecule has 38 heavy (non-hydrogen) atoms. The monoisotopic (exact) mass is 582 g/mol. The van der Waals surface area contributed by atoms with Crippen LogP contribution in [0.2, 0.25) is 0 Å². The molecule has 4 rings (SSSR count). The Bertz CT molecular complexity index is 1300. The van der Waals surface area contributed by atoms with Crippen LogP contribution in [0.15, 0.2) is 59.1 Å². The predicted molar refractivity (Wildman–Crippen MR) is 150 cm³/mol.